The molecule has 1 atom stereocenters. The molecule has 7 nitrogen and oxygen atoms in total. The van der Waals surface area contributed by atoms with E-state index in [1.165, 1.54) is 12.3 Å². The summed E-state index contributed by atoms with van der Waals surface area (Å²) in [5.41, 5.74) is -0.385. The summed E-state index contributed by atoms with van der Waals surface area (Å²) in [5, 5.41) is 14.7. The standard InChI is InChI=1S/C19H16N4O3/c1-2-13(12-6-4-3-5-7-12)22-15-16(18(25)17(15)24)23-14-8-11(9-20)10-21-19(14)26/h3-8,10,13,22-23H,2H2,1H3,(H,21,26)/t13-/m1/s1. The minimum absolute atomic E-state index is 0.0324. The lowest BCUT2D eigenvalue weighted by molar-refractivity contribution is 0.747. The van der Waals surface area contributed by atoms with Gasteiger partial charge in [0, 0.05) is 6.20 Å². The third-order valence-electron chi connectivity index (χ3n) is 4.13. The van der Waals surface area contributed by atoms with Crippen molar-refractivity contribution in [2.24, 2.45) is 0 Å². The van der Waals surface area contributed by atoms with Crippen LogP contribution in [-0.4, -0.2) is 4.98 Å². The number of benzene rings is 1. The summed E-state index contributed by atoms with van der Waals surface area (Å²) in [4.78, 5) is 38.3. The number of aromatic nitrogens is 1. The first-order valence-corrected chi connectivity index (χ1v) is 8.09. The second kappa shape index (κ2) is 7.07. The number of H-pyrrole nitrogens is 1. The van der Waals surface area contributed by atoms with Crippen LogP contribution in [0.1, 0.15) is 30.5 Å². The molecule has 0 bridgehead atoms. The van der Waals surface area contributed by atoms with E-state index in [1.54, 1.807) is 0 Å². The van der Waals surface area contributed by atoms with Gasteiger partial charge in [0.25, 0.3) is 16.4 Å². The molecule has 0 aliphatic heterocycles. The highest BCUT2D eigenvalue weighted by Gasteiger charge is 2.24. The van der Waals surface area contributed by atoms with Crippen molar-refractivity contribution in [2.75, 3.05) is 10.6 Å². The lowest BCUT2D eigenvalue weighted by Gasteiger charge is -2.21. The Morgan fingerprint density at radius 2 is 1.81 bits per heavy atom. The van der Waals surface area contributed by atoms with E-state index >= 15 is 0 Å². The molecule has 0 aliphatic carbocycles. The Kier molecular flexibility index (Phi) is 4.67. The normalized spacial score (nSPS) is 11.7. The number of aromatic amines is 1. The first kappa shape index (κ1) is 17.2. The number of nitrogens with one attached hydrogen (secondary N) is 3. The van der Waals surface area contributed by atoms with Crippen LogP contribution in [0.15, 0.2) is 57.0 Å². The Balaban J connectivity index is 1.91. The Hall–Kier alpha value is -3.66. The second-order valence-corrected chi connectivity index (χ2v) is 5.79. The highest BCUT2D eigenvalue weighted by Crippen LogP contribution is 2.26. The minimum atomic E-state index is -0.697. The van der Waals surface area contributed by atoms with Crippen LogP contribution in [0.5, 0.6) is 0 Å². The van der Waals surface area contributed by atoms with Gasteiger partial charge in [-0.3, -0.25) is 14.4 Å². The van der Waals surface area contributed by atoms with Crippen molar-refractivity contribution >= 4 is 17.1 Å². The quantitative estimate of drug-likeness (QED) is 0.588. The van der Waals surface area contributed by atoms with E-state index < -0.39 is 16.4 Å². The van der Waals surface area contributed by atoms with Crippen molar-refractivity contribution in [2.45, 2.75) is 19.4 Å². The second-order valence-electron chi connectivity index (χ2n) is 5.79. The molecule has 3 rings (SSSR count). The van der Waals surface area contributed by atoms with Crippen LogP contribution in [0, 0.1) is 11.3 Å². The molecule has 0 fully saturated rings. The smallest absolute Gasteiger partial charge is 0.271 e. The van der Waals surface area contributed by atoms with Gasteiger partial charge < -0.3 is 15.6 Å². The number of hydrogen-bond acceptors (Lipinski definition) is 6. The number of hydrogen-bond donors (Lipinski definition) is 3. The summed E-state index contributed by atoms with van der Waals surface area (Å²) < 4.78 is 0. The van der Waals surface area contributed by atoms with E-state index in [0.717, 1.165) is 5.56 Å². The predicted octanol–water partition coefficient (Wildman–Crippen LogP) is 2.15. The minimum Gasteiger partial charge on any atom is -0.373 e. The maximum Gasteiger partial charge on any atom is 0.271 e. The van der Waals surface area contributed by atoms with Crippen LogP contribution in [0.4, 0.5) is 17.1 Å². The zero-order chi connectivity index (χ0) is 18.7. The van der Waals surface area contributed by atoms with Crippen LogP contribution in [0.2, 0.25) is 0 Å². The van der Waals surface area contributed by atoms with Gasteiger partial charge in [-0.25, -0.2) is 0 Å². The van der Waals surface area contributed by atoms with Crippen LogP contribution in [0.25, 0.3) is 0 Å². The summed E-state index contributed by atoms with van der Waals surface area (Å²) in [7, 11) is 0. The Bertz CT molecular complexity index is 1100. The van der Waals surface area contributed by atoms with E-state index in [1.807, 2.05) is 43.3 Å². The highest BCUT2D eigenvalue weighted by atomic mass is 16.2. The monoisotopic (exact) mass is 348 g/mol. The fraction of sp³-hybridized carbons (Fsp3) is 0.158. The van der Waals surface area contributed by atoms with E-state index in [-0.39, 0.29) is 28.7 Å². The largest absolute Gasteiger partial charge is 0.373 e. The zero-order valence-corrected chi connectivity index (χ0v) is 14.0. The maximum absolute atomic E-state index is 12.0. The fourth-order valence-electron chi connectivity index (χ4n) is 2.71. The Labute approximate surface area is 148 Å². The average Bonchev–Trinajstić information content (AvgIpc) is 2.69. The first-order chi connectivity index (χ1) is 12.5. The molecule has 2 aromatic carbocycles. The van der Waals surface area contributed by atoms with Crippen molar-refractivity contribution in [1.82, 2.24) is 4.98 Å². The van der Waals surface area contributed by atoms with Crippen molar-refractivity contribution in [3.63, 3.8) is 0 Å². The lowest BCUT2D eigenvalue weighted by Crippen LogP contribution is -2.38. The summed E-state index contributed by atoms with van der Waals surface area (Å²) in [6.45, 7) is 1.96. The molecular weight excluding hydrogens is 332 g/mol. The molecule has 0 unspecified atom stereocenters. The van der Waals surface area contributed by atoms with Crippen molar-refractivity contribution < 1.29 is 0 Å². The summed E-state index contributed by atoms with van der Waals surface area (Å²) in [6.07, 6.45) is 1.98. The van der Waals surface area contributed by atoms with E-state index in [0.29, 0.717) is 6.42 Å². The first-order valence-electron chi connectivity index (χ1n) is 8.09. The van der Waals surface area contributed by atoms with Crippen LogP contribution in [-0.2, 0) is 0 Å². The third kappa shape index (κ3) is 3.13. The van der Waals surface area contributed by atoms with Gasteiger partial charge >= 0.3 is 0 Å². The van der Waals surface area contributed by atoms with Gasteiger partial charge in [-0.2, -0.15) is 5.26 Å². The predicted molar refractivity (Wildman–Crippen MR) is 99.5 cm³/mol. The third-order valence-corrected chi connectivity index (χ3v) is 4.13. The lowest BCUT2D eigenvalue weighted by atomic mass is 10.0. The molecular formula is C19H16N4O3. The van der Waals surface area contributed by atoms with Gasteiger partial charge in [0.15, 0.2) is 0 Å². The molecule has 26 heavy (non-hydrogen) atoms. The summed E-state index contributed by atoms with van der Waals surface area (Å²) >= 11 is 0. The molecule has 3 N–H and O–H groups in total. The number of nitriles is 1. The molecule has 130 valence electrons. The molecule has 1 aromatic heterocycles. The number of rotatable bonds is 6. The van der Waals surface area contributed by atoms with Crippen LogP contribution < -0.4 is 27.1 Å². The molecule has 0 spiro atoms. The fourth-order valence-corrected chi connectivity index (χ4v) is 2.71. The van der Waals surface area contributed by atoms with E-state index in [2.05, 4.69) is 15.6 Å². The van der Waals surface area contributed by atoms with Crippen LogP contribution >= 0.6 is 0 Å². The SMILES string of the molecule is CC[C@@H](Nc1c(Nc2cc(C#N)c[nH]c2=O)c(=O)c1=O)c1ccccc1. The van der Waals surface area contributed by atoms with Gasteiger partial charge in [-0.15, -0.1) is 0 Å². The highest BCUT2D eigenvalue weighted by molar-refractivity contribution is 5.79. The molecule has 0 saturated carbocycles. The number of anilines is 3. The van der Waals surface area contributed by atoms with Gasteiger partial charge in [0.05, 0.1) is 11.6 Å². The molecule has 0 amide bonds. The van der Waals surface area contributed by atoms with Gasteiger partial charge in [0.2, 0.25) is 0 Å². The number of pyridine rings is 1. The molecule has 0 aliphatic rings. The Morgan fingerprint density at radius 3 is 2.46 bits per heavy atom. The maximum atomic E-state index is 12.0. The van der Waals surface area contributed by atoms with Crippen molar-refractivity contribution in [3.05, 3.63) is 84.5 Å². The summed E-state index contributed by atoms with van der Waals surface area (Å²) in [5.74, 6) is 0. The Morgan fingerprint density at radius 1 is 1.12 bits per heavy atom. The molecule has 1 heterocycles. The molecule has 3 aromatic rings. The van der Waals surface area contributed by atoms with Crippen molar-refractivity contribution in [1.29, 1.82) is 5.26 Å². The molecule has 0 radical (unpaired) electrons. The summed E-state index contributed by atoms with van der Waals surface area (Å²) in [6, 6.07) is 12.6. The van der Waals surface area contributed by atoms with Crippen LogP contribution in [0.3, 0.4) is 0 Å². The zero-order valence-electron chi connectivity index (χ0n) is 14.0. The van der Waals surface area contributed by atoms with E-state index in [4.69, 9.17) is 5.26 Å². The van der Waals surface area contributed by atoms with Gasteiger partial charge in [-0.1, -0.05) is 37.3 Å². The van der Waals surface area contributed by atoms with Crippen molar-refractivity contribution in [3.8, 4) is 6.07 Å². The van der Waals surface area contributed by atoms with Gasteiger partial charge in [-0.05, 0) is 18.1 Å². The molecule has 7 heteroatoms. The topological polar surface area (TPSA) is 115 Å². The number of nitrogens with zero attached hydrogens (tertiary/aromatic N) is 1. The molecule has 0 saturated heterocycles. The van der Waals surface area contributed by atoms with Gasteiger partial charge in [0.1, 0.15) is 23.1 Å². The van der Waals surface area contributed by atoms with E-state index in [9.17, 15) is 14.4 Å². The average molecular weight is 348 g/mol.